The molecule has 0 spiro atoms. The highest BCUT2D eigenvalue weighted by atomic mass is 35.5. The van der Waals surface area contributed by atoms with E-state index < -0.39 is 0 Å². The van der Waals surface area contributed by atoms with E-state index in [0.29, 0.717) is 5.02 Å². The quantitative estimate of drug-likeness (QED) is 0.735. The summed E-state index contributed by atoms with van der Waals surface area (Å²) in [6.07, 6.45) is 1.00. The number of nitrogens with one attached hydrogen (secondary N) is 1. The maximum atomic E-state index is 5.79. The fraction of sp³-hybridized carbons (Fsp3) is 0.400. The predicted octanol–water partition coefficient (Wildman–Crippen LogP) is 2.33. The molecule has 1 N–H and O–H groups in total. The lowest BCUT2D eigenvalue weighted by molar-refractivity contribution is 0.310. The average Bonchev–Trinajstić information content (AvgIpc) is 2.13. The van der Waals surface area contributed by atoms with Crippen LogP contribution in [0.5, 0.6) is 5.75 Å². The summed E-state index contributed by atoms with van der Waals surface area (Å²) in [7, 11) is 1.93. The summed E-state index contributed by atoms with van der Waals surface area (Å²) in [6, 6.07) is 7.45. The third-order valence-corrected chi connectivity index (χ3v) is 1.87. The summed E-state index contributed by atoms with van der Waals surface area (Å²) in [5.41, 5.74) is 0. The Hall–Kier alpha value is -0.730. The van der Waals surface area contributed by atoms with Gasteiger partial charge in [-0.1, -0.05) is 17.7 Å². The first-order valence-electron chi connectivity index (χ1n) is 4.36. The molecule has 0 aromatic heterocycles. The molecule has 0 saturated carbocycles. The van der Waals surface area contributed by atoms with E-state index in [9.17, 15) is 0 Å². The van der Waals surface area contributed by atoms with Gasteiger partial charge in [0.05, 0.1) is 6.61 Å². The fourth-order valence-corrected chi connectivity index (χ4v) is 1.18. The van der Waals surface area contributed by atoms with Crippen LogP contribution in [0.1, 0.15) is 6.42 Å². The van der Waals surface area contributed by atoms with Crippen LogP contribution in [-0.4, -0.2) is 20.2 Å². The first kappa shape index (κ1) is 10.4. The van der Waals surface area contributed by atoms with Gasteiger partial charge in [0.25, 0.3) is 0 Å². The molecule has 72 valence electrons. The van der Waals surface area contributed by atoms with Gasteiger partial charge in [-0.2, -0.15) is 0 Å². The van der Waals surface area contributed by atoms with Crippen molar-refractivity contribution >= 4 is 11.6 Å². The summed E-state index contributed by atoms with van der Waals surface area (Å²) in [5, 5.41) is 3.77. The summed E-state index contributed by atoms with van der Waals surface area (Å²) >= 11 is 5.79. The summed E-state index contributed by atoms with van der Waals surface area (Å²) < 4.78 is 5.46. The largest absolute Gasteiger partial charge is 0.493 e. The number of halogens is 1. The lowest BCUT2D eigenvalue weighted by Gasteiger charge is -2.05. The molecular formula is C10H14ClNO. The number of hydrogen-bond donors (Lipinski definition) is 1. The zero-order valence-corrected chi connectivity index (χ0v) is 8.47. The van der Waals surface area contributed by atoms with E-state index in [4.69, 9.17) is 16.3 Å². The van der Waals surface area contributed by atoms with Crippen LogP contribution in [0.15, 0.2) is 24.3 Å². The maximum Gasteiger partial charge on any atom is 0.120 e. The van der Waals surface area contributed by atoms with Gasteiger partial charge in [0.1, 0.15) is 5.75 Å². The van der Waals surface area contributed by atoms with Crippen LogP contribution in [0.3, 0.4) is 0 Å². The third-order valence-electron chi connectivity index (χ3n) is 1.64. The summed E-state index contributed by atoms with van der Waals surface area (Å²) in [5.74, 6) is 0.837. The first-order valence-corrected chi connectivity index (χ1v) is 4.73. The van der Waals surface area contributed by atoms with E-state index in [1.54, 1.807) is 0 Å². The van der Waals surface area contributed by atoms with Crippen LogP contribution >= 0.6 is 11.6 Å². The van der Waals surface area contributed by atoms with Gasteiger partial charge in [0.2, 0.25) is 0 Å². The molecule has 0 fully saturated rings. The fourth-order valence-electron chi connectivity index (χ4n) is 0.996. The predicted molar refractivity (Wildman–Crippen MR) is 55.5 cm³/mol. The Morgan fingerprint density at radius 3 is 3.00 bits per heavy atom. The van der Waals surface area contributed by atoms with Gasteiger partial charge in [0.15, 0.2) is 0 Å². The molecule has 0 aliphatic heterocycles. The van der Waals surface area contributed by atoms with E-state index in [1.807, 2.05) is 31.3 Å². The Balaban J connectivity index is 2.28. The van der Waals surface area contributed by atoms with E-state index in [1.165, 1.54) is 0 Å². The molecule has 1 aromatic rings. The van der Waals surface area contributed by atoms with Gasteiger partial charge in [-0.25, -0.2) is 0 Å². The molecule has 0 saturated heterocycles. The van der Waals surface area contributed by atoms with Crippen molar-refractivity contribution < 1.29 is 4.74 Å². The minimum Gasteiger partial charge on any atom is -0.493 e. The molecule has 1 aromatic carbocycles. The molecule has 0 aliphatic carbocycles. The van der Waals surface area contributed by atoms with Crippen molar-refractivity contribution in [2.24, 2.45) is 0 Å². The van der Waals surface area contributed by atoms with Crippen LogP contribution in [0.25, 0.3) is 0 Å². The first-order chi connectivity index (χ1) is 6.33. The Kier molecular flexibility index (Phi) is 4.65. The molecule has 0 radical (unpaired) electrons. The van der Waals surface area contributed by atoms with Gasteiger partial charge in [-0.05, 0) is 38.2 Å². The zero-order valence-electron chi connectivity index (χ0n) is 7.72. The van der Waals surface area contributed by atoms with Crippen molar-refractivity contribution in [2.45, 2.75) is 6.42 Å². The highest BCUT2D eigenvalue weighted by molar-refractivity contribution is 6.30. The monoisotopic (exact) mass is 199 g/mol. The van der Waals surface area contributed by atoms with Crippen molar-refractivity contribution in [2.75, 3.05) is 20.2 Å². The lowest BCUT2D eigenvalue weighted by atomic mass is 10.3. The molecule has 0 atom stereocenters. The Bertz CT molecular complexity index is 252. The van der Waals surface area contributed by atoms with Gasteiger partial charge < -0.3 is 10.1 Å². The number of ether oxygens (including phenoxy) is 1. The van der Waals surface area contributed by atoms with Gasteiger partial charge in [0, 0.05) is 5.02 Å². The van der Waals surface area contributed by atoms with E-state index in [2.05, 4.69) is 5.32 Å². The smallest absolute Gasteiger partial charge is 0.120 e. The molecule has 1 rings (SSSR count). The molecule has 0 aliphatic rings. The number of rotatable bonds is 5. The van der Waals surface area contributed by atoms with Gasteiger partial charge >= 0.3 is 0 Å². The number of hydrogen-bond acceptors (Lipinski definition) is 2. The molecule has 0 unspecified atom stereocenters. The van der Waals surface area contributed by atoms with E-state index in [0.717, 1.165) is 25.3 Å². The molecular weight excluding hydrogens is 186 g/mol. The minimum atomic E-state index is 0.714. The highest BCUT2D eigenvalue weighted by Gasteiger charge is 1.93. The van der Waals surface area contributed by atoms with Crippen LogP contribution in [0.2, 0.25) is 5.02 Å². The van der Waals surface area contributed by atoms with E-state index >= 15 is 0 Å². The van der Waals surface area contributed by atoms with Gasteiger partial charge in [-0.15, -0.1) is 0 Å². The Labute approximate surface area is 83.9 Å². The molecule has 0 bridgehead atoms. The molecule has 0 amide bonds. The zero-order chi connectivity index (χ0) is 9.52. The summed E-state index contributed by atoms with van der Waals surface area (Å²) in [4.78, 5) is 0. The van der Waals surface area contributed by atoms with Crippen molar-refractivity contribution in [3.63, 3.8) is 0 Å². The summed E-state index contributed by atoms with van der Waals surface area (Å²) in [6.45, 7) is 1.70. The molecule has 3 heteroatoms. The minimum absolute atomic E-state index is 0.714. The van der Waals surface area contributed by atoms with Crippen molar-refractivity contribution in [3.05, 3.63) is 29.3 Å². The van der Waals surface area contributed by atoms with Crippen LogP contribution in [0.4, 0.5) is 0 Å². The third kappa shape index (κ3) is 4.15. The second-order valence-electron chi connectivity index (χ2n) is 2.76. The van der Waals surface area contributed by atoms with Crippen LogP contribution in [0, 0.1) is 0 Å². The maximum absolute atomic E-state index is 5.79. The normalized spacial score (nSPS) is 10.0. The second-order valence-corrected chi connectivity index (χ2v) is 3.20. The topological polar surface area (TPSA) is 21.3 Å². The lowest BCUT2D eigenvalue weighted by Crippen LogP contribution is -2.11. The van der Waals surface area contributed by atoms with Gasteiger partial charge in [-0.3, -0.25) is 0 Å². The standard InChI is InChI=1S/C10H14ClNO/c1-12-6-3-7-13-10-5-2-4-9(11)8-10/h2,4-5,8,12H,3,6-7H2,1H3. The molecule has 2 nitrogen and oxygen atoms in total. The SMILES string of the molecule is CNCCCOc1cccc(Cl)c1. The van der Waals surface area contributed by atoms with E-state index in [-0.39, 0.29) is 0 Å². The Morgan fingerprint density at radius 2 is 2.31 bits per heavy atom. The molecule has 0 heterocycles. The number of benzene rings is 1. The Morgan fingerprint density at radius 1 is 1.46 bits per heavy atom. The van der Waals surface area contributed by atoms with Crippen molar-refractivity contribution in [1.29, 1.82) is 0 Å². The highest BCUT2D eigenvalue weighted by Crippen LogP contribution is 2.16. The average molecular weight is 200 g/mol. The van der Waals surface area contributed by atoms with Crippen LogP contribution in [-0.2, 0) is 0 Å². The van der Waals surface area contributed by atoms with Crippen molar-refractivity contribution in [1.82, 2.24) is 5.32 Å². The molecule has 13 heavy (non-hydrogen) atoms. The van der Waals surface area contributed by atoms with Crippen molar-refractivity contribution in [3.8, 4) is 5.75 Å². The second kappa shape index (κ2) is 5.84. The van der Waals surface area contributed by atoms with Crippen LogP contribution < -0.4 is 10.1 Å².